The molecule has 0 bridgehead atoms. The van der Waals surface area contributed by atoms with Gasteiger partial charge >= 0.3 is 5.97 Å². The molecule has 8 nitrogen and oxygen atoms in total. The molecule has 0 saturated carbocycles. The Kier molecular flexibility index (Phi) is 6.65. The Bertz CT molecular complexity index is 1200. The quantitative estimate of drug-likeness (QED) is 0.264. The summed E-state index contributed by atoms with van der Waals surface area (Å²) in [4.78, 5) is 21.3. The van der Waals surface area contributed by atoms with E-state index >= 15 is 0 Å². The third-order valence-corrected chi connectivity index (χ3v) is 5.69. The average molecular weight is 451 g/mol. The molecule has 164 valence electrons. The monoisotopic (exact) mass is 450 g/mol. The van der Waals surface area contributed by atoms with Crippen LogP contribution < -0.4 is 0 Å². The van der Waals surface area contributed by atoms with Gasteiger partial charge in [0.1, 0.15) is 10.8 Å². The van der Waals surface area contributed by atoms with Crippen LogP contribution in [0.3, 0.4) is 0 Å². The fourth-order valence-electron chi connectivity index (χ4n) is 2.94. The highest BCUT2D eigenvalue weighted by atomic mass is 32.2. The summed E-state index contributed by atoms with van der Waals surface area (Å²) in [6.45, 7) is 5.97. The minimum Gasteiger partial charge on any atom is -0.452 e. The van der Waals surface area contributed by atoms with E-state index < -0.39 is 5.97 Å². The first-order chi connectivity index (χ1) is 15.5. The van der Waals surface area contributed by atoms with Crippen molar-refractivity contribution < 1.29 is 18.6 Å². The Morgan fingerprint density at radius 2 is 1.94 bits per heavy atom. The van der Waals surface area contributed by atoms with E-state index in [0.29, 0.717) is 28.1 Å². The topological polar surface area (TPSA) is 104 Å². The van der Waals surface area contributed by atoms with Crippen molar-refractivity contribution in [3.63, 3.8) is 0 Å². The zero-order valence-electron chi connectivity index (χ0n) is 17.9. The Balaban J connectivity index is 1.38. The zero-order chi connectivity index (χ0) is 22.5. The van der Waals surface area contributed by atoms with E-state index in [1.807, 2.05) is 37.3 Å². The molecule has 0 aliphatic carbocycles. The predicted molar refractivity (Wildman–Crippen MR) is 118 cm³/mol. The van der Waals surface area contributed by atoms with Crippen molar-refractivity contribution in [2.75, 3.05) is 0 Å². The fourth-order valence-corrected chi connectivity index (χ4v) is 3.81. The second-order valence-electron chi connectivity index (χ2n) is 7.44. The number of carbonyl (C=O) groups is 1. The summed E-state index contributed by atoms with van der Waals surface area (Å²) in [6.07, 6.45) is 1.63. The molecule has 1 aromatic carbocycles. The van der Waals surface area contributed by atoms with Crippen LogP contribution in [0.5, 0.6) is 0 Å². The van der Waals surface area contributed by atoms with Gasteiger partial charge in [-0.2, -0.15) is 4.98 Å². The molecule has 0 aliphatic rings. The van der Waals surface area contributed by atoms with Crippen LogP contribution in [0.4, 0.5) is 0 Å². The lowest BCUT2D eigenvalue weighted by atomic mass is 10.0. The molecule has 0 aliphatic heterocycles. The highest BCUT2D eigenvalue weighted by Gasteiger charge is 2.17. The van der Waals surface area contributed by atoms with E-state index in [1.165, 1.54) is 17.3 Å². The van der Waals surface area contributed by atoms with E-state index in [-0.39, 0.29) is 12.5 Å². The number of hydrogen-bond donors (Lipinski definition) is 0. The maximum absolute atomic E-state index is 12.6. The van der Waals surface area contributed by atoms with Gasteiger partial charge in [0.25, 0.3) is 5.89 Å². The highest BCUT2D eigenvalue weighted by molar-refractivity contribution is 7.98. The summed E-state index contributed by atoms with van der Waals surface area (Å²) in [5.41, 5.74) is 3.21. The molecule has 0 N–H and O–H groups in total. The first kappa shape index (κ1) is 21.8. The van der Waals surface area contributed by atoms with Crippen molar-refractivity contribution in [3.05, 3.63) is 77.1 Å². The summed E-state index contributed by atoms with van der Waals surface area (Å²) in [7, 11) is 0. The highest BCUT2D eigenvalue weighted by Crippen LogP contribution is 2.25. The molecule has 32 heavy (non-hydrogen) atoms. The smallest absolute Gasteiger partial charge is 0.341 e. The molecule has 0 radical (unpaired) electrons. The maximum atomic E-state index is 12.6. The summed E-state index contributed by atoms with van der Waals surface area (Å²) < 4.78 is 15.7. The molecule has 0 amide bonds. The van der Waals surface area contributed by atoms with Gasteiger partial charge in [-0.3, -0.25) is 0 Å². The molecule has 4 aromatic rings. The summed E-state index contributed by atoms with van der Waals surface area (Å²) in [5, 5.41) is 8.49. The lowest BCUT2D eigenvalue weighted by molar-refractivity contribution is 0.0424. The number of rotatable bonds is 8. The molecular weight excluding hydrogens is 428 g/mol. The SMILES string of the molecule is Cc1cc(CSc2ncccc2C(=O)OCc2nc(-c3ccc(C(C)C)cc3)no2)no1. The van der Waals surface area contributed by atoms with Gasteiger partial charge in [0.05, 0.1) is 11.3 Å². The molecule has 4 rings (SSSR count). The van der Waals surface area contributed by atoms with E-state index in [0.717, 1.165) is 17.0 Å². The van der Waals surface area contributed by atoms with E-state index in [9.17, 15) is 4.79 Å². The summed E-state index contributed by atoms with van der Waals surface area (Å²) in [6, 6.07) is 13.2. The molecule has 0 spiro atoms. The van der Waals surface area contributed by atoms with E-state index in [2.05, 4.69) is 34.1 Å². The maximum Gasteiger partial charge on any atom is 0.341 e. The Morgan fingerprint density at radius 3 is 2.66 bits per heavy atom. The van der Waals surface area contributed by atoms with Crippen molar-refractivity contribution in [1.82, 2.24) is 20.3 Å². The second kappa shape index (κ2) is 9.78. The van der Waals surface area contributed by atoms with Gasteiger partial charge in [-0.25, -0.2) is 9.78 Å². The molecule has 3 heterocycles. The molecule has 3 aromatic heterocycles. The van der Waals surface area contributed by atoms with Crippen LogP contribution in [-0.4, -0.2) is 26.3 Å². The molecule has 0 unspecified atom stereocenters. The number of esters is 1. The fraction of sp³-hybridized carbons (Fsp3) is 0.261. The van der Waals surface area contributed by atoms with Gasteiger partial charge in [0.2, 0.25) is 5.82 Å². The third kappa shape index (κ3) is 5.23. The molecule has 0 atom stereocenters. The van der Waals surface area contributed by atoms with E-state index in [4.69, 9.17) is 13.8 Å². The summed E-state index contributed by atoms with van der Waals surface area (Å²) in [5.74, 6) is 1.86. The minimum absolute atomic E-state index is 0.128. The Morgan fingerprint density at radius 1 is 1.12 bits per heavy atom. The van der Waals surface area contributed by atoms with Crippen LogP contribution in [0.25, 0.3) is 11.4 Å². The third-order valence-electron chi connectivity index (χ3n) is 4.65. The van der Waals surface area contributed by atoms with Crippen molar-refractivity contribution in [1.29, 1.82) is 0 Å². The number of aromatic nitrogens is 4. The minimum atomic E-state index is -0.516. The van der Waals surface area contributed by atoms with Gasteiger partial charge in [0, 0.05) is 23.6 Å². The van der Waals surface area contributed by atoms with E-state index in [1.54, 1.807) is 18.3 Å². The van der Waals surface area contributed by atoms with Gasteiger partial charge in [-0.05, 0) is 30.5 Å². The van der Waals surface area contributed by atoms with Crippen LogP contribution in [-0.2, 0) is 17.1 Å². The largest absolute Gasteiger partial charge is 0.452 e. The average Bonchev–Trinajstić information content (AvgIpc) is 3.45. The lowest BCUT2D eigenvalue weighted by Crippen LogP contribution is -2.08. The van der Waals surface area contributed by atoms with Crippen molar-refractivity contribution in [2.45, 2.75) is 44.1 Å². The van der Waals surface area contributed by atoms with Gasteiger partial charge < -0.3 is 13.8 Å². The number of ether oxygens (including phenoxy) is 1. The number of pyridine rings is 1. The van der Waals surface area contributed by atoms with Crippen LogP contribution in [0.1, 0.15) is 53.0 Å². The van der Waals surface area contributed by atoms with Crippen LogP contribution in [0.2, 0.25) is 0 Å². The molecule has 0 saturated heterocycles. The number of thioether (sulfide) groups is 1. The van der Waals surface area contributed by atoms with Crippen molar-refractivity contribution in [2.24, 2.45) is 0 Å². The lowest BCUT2D eigenvalue weighted by Gasteiger charge is -2.06. The Hall–Kier alpha value is -3.46. The van der Waals surface area contributed by atoms with Crippen LogP contribution in [0, 0.1) is 6.92 Å². The first-order valence-electron chi connectivity index (χ1n) is 10.1. The van der Waals surface area contributed by atoms with Crippen LogP contribution >= 0.6 is 11.8 Å². The first-order valence-corrected chi connectivity index (χ1v) is 11.1. The zero-order valence-corrected chi connectivity index (χ0v) is 18.8. The standard InChI is InChI=1S/C23H22N4O4S/c1-14(2)16-6-8-17(9-7-16)21-25-20(31-27-21)12-29-23(28)19-5-4-10-24-22(19)32-13-18-11-15(3)30-26-18/h4-11,14H,12-13H2,1-3H3. The van der Waals surface area contributed by atoms with Gasteiger partial charge in [-0.1, -0.05) is 60.2 Å². The Labute approximate surface area is 189 Å². The second-order valence-corrected chi connectivity index (χ2v) is 8.40. The molecule has 9 heteroatoms. The van der Waals surface area contributed by atoms with Crippen molar-refractivity contribution in [3.8, 4) is 11.4 Å². The number of hydrogen-bond acceptors (Lipinski definition) is 9. The van der Waals surface area contributed by atoms with Gasteiger partial charge in [-0.15, -0.1) is 0 Å². The summed E-state index contributed by atoms with van der Waals surface area (Å²) >= 11 is 1.38. The number of carbonyl (C=O) groups excluding carboxylic acids is 1. The number of benzene rings is 1. The predicted octanol–water partition coefficient (Wildman–Crippen LogP) is 5.20. The number of nitrogens with zero attached hydrogens (tertiary/aromatic N) is 4. The normalized spacial score (nSPS) is 11.1. The molecule has 0 fully saturated rings. The molecular formula is C23H22N4O4S. The van der Waals surface area contributed by atoms with Crippen molar-refractivity contribution >= 4 is 17.7 Å². The van der Waals surface area contributed by atoms with Gasteiger partial charge in [0.15, 0.2) is 6.61 Å². The number of aryl methyl sites for hydroxylation is 1. The van der Waals surface area contributed by atoms with Crippen LogP contribution in [0.15, 0.2) is 62.7 Å².